The lowest BCUT2D eigenvalue weighted by atomic mass is 9.69. The molecular formula is C28H35N2O2P. The summed E-state index contributed by atoms with van der Waals surface area (Å²) in [6.45, 7) is 2.26. The first kappa shape index (κ1) is 23.8. The van der Waals surface area contributed by atoms with Crippen molar-refractivity contribution in [3.63, 3.8) is 0 Å². The molecule has 1 saturated carbocycles. The van der Waals surface area contributed by atoms with Gasteiger partial charge in [0, 0.05) is 17.5 Å². The summed E-state index contributed by atoms with van der Waals surface area (Å²) < 4.78 is 10.8. The minimum absolute atomic E-state index is 0.0162. The number of benzene rings is 3. The third kappa shape index (κ3) is 4.80. The highest BCUT2D eigenvalue weighted by molar-refractivity contribution is 7.79. The van der Waals surface area contributed by atoms with Crippen LogP contribution in [0.1, 0.15) is 44.1 Å². The monoisotopic (exact) mass is 462 g/mol. The van der Waals surface area contributed by atoms with E-state index in [9.17, 15) is 0 Å². The summed E-state index contributed by atoms with van der Waals surface area (Å²) >= 11 is 0. The minimum atomic E-state index is -0.799. The Hall–Kier alpha value is -2.39. The predicted molar refractivity (Wildman–Crippen MR) is 140 cm³/mol. The van der Waals surface area contributed by atoms with E-state index >= 15 is 0 Å². The zero-order chi connectivity index (χ0) is 23.4. The lowest BCUT2D eigenvalue weighted by Crippen LogP contribution is -2.60. The summed E-state index contributed by atoms with van der Waals surface area (Å²) in [6, 6.07) is 25.7. The lowest BCUT2D eigenvalue weighted by Gasteiger charge is -2.45. The molecule has 0 bridgehead atoms. The van der Waals surface area contributed by atoms with Gasteiger partial charge in [0.25, 0.3) is 0 Å². The van der Waals surface area contributed by atoms with Crippen molar-refractivity contribution in [2.24, 2.45) is 11.5 Å². The Balaban J connectivity index is 1.83. The van der Waals surface area contributed by atoms with Crippen LogP contribution in [-0.2, 0) is 0 Å². The molecule has 3 aromatic carbocycles. The largest absolute Gasteiger partial charge is 0.497 e. The van der Waals surface area contributed by atoms with Gasteiger partial charge in [-0.1, -0.05) is 68.3 Å². The van der Waals surface area contributed by atoms with Crippen molar-refractivity contribution in [3.05, 3.63) is 78.4 Å². The van der Waals surface area contributed by atoms with Crippen molar-refractivity contribution in [3.8, 4) is 11.5 Å². The molecule has 1 fully saturated rings. The van der Waals surface area contributed by atoms with Crippen LogP contribution in [0.2, 0.25) is 0 Å². The summed E-state index contributed by atoms with van der Waals surface area (Å²) in [5, 5.41) is 3.88. The first-order chi connectivity index (χ1) is 16.0. The standard InChI is InChI=1S/C28H35N2O2P/c1-20(28(30)19-7-6-10-27(28)29)25-8-4-5-9-26(25)33(23-15-11-21(31-2)12-16-23)24-17-13-22(32-3)14-18-24/h4-5,8-9,11-18,20,27H,6-7,10,19,29-30H2,1-3H3. The van der Waals surface area contributed by atoms with Gasteiger partial charge >= 0.3 is 0 Å². The maximum Gasteiger partial charge on any atom is 0.118 e. The van der Waals surface area contributed by atoms with Crippen molar-refractivity contribution in [1.29, 1.82) is 0 Å². The molecule has 0 spiro atoms. The van der Waals surface area contributed by atoms with Crippen LogP contribution in [-0.4, -0.2) is 25.8 Å². The molecule has 0 heterocycles. The summed E-state index contributed by atoms with van der Waals surface area (Å²) in [5.41, 5.74) is 14.6. The average molecular weight is 463 g/mol. The van der Waals surface area contributed by atoms with E-state index in [-0.39, 0.29) is 12.0 Å². The summed E-state index contributed by atoms with van der Waals surface area (Å²) in [6.07, 6.45) is 4.27. The first-order valence-corrected chi connectivity index (χ1v) is 13.0. The molecule has 4 nitrogen and oxygen atoms in total. The number of rotatable bonds is 7. The second-order valence-electron chi connectivity index (χ2n) is 8.98. The van der Waals surface area contributed by atoms with Crippen LogP contribution in [0.15, 0.2) is 72.8 Å². The number of hydrogen-bond acceptors (Lipinski definition) is 4. The summed E-state index contributed by atoms with van der Waals surface area (Å²) in [7, 11) is 2.60. The highest BCUT2D eigenvalue weighted by Gasteiger charge is 2.41. The Kier molecular flexibility index (Phi) is 7.38. The molecule has 0 saturated heterocycles. The van der Waals surface area contributed by atoms with Gasteiger partial charge in [0.05, 0.1) is 14.2 Å². The van der Waals surface area contributed by atoms with Gasteiger partial charge < -0.3 is 20.9 Å². The van der Waals surface area contributed by atoms with Gasteiger partial charge in [0.2, 0.25) is 0 Å². The van der Waals surface area contributed by atoms with Crippen molar-refractivity contribution in [1.82, 2.24) is 0 Å². The average Bonchev–Trinajstić information content (AvgIpc) is 2.87. The number of methoxy groups -OCH3 is 2. The SMILES string of the molecule is COc1ccc(P(c2ccc(OC)cc2)c2ccccc2C(C)C2(N)CCCCC2N)cc1. The molecule has 4 rings (SSSR count). The highest BCUT2D eigenvalue weighted by Crippen LogP contribution is 2.42. The van der Waals surface area contributed by atoms with Gasteiger partial charge in [-0.25, -0.2) is 0 Å². The van der Waals surface area contributed by atoms with E-state index in [4.69, 9.17) is 20.9 Å². The van der Waals surface area contributed by atoms with Crippen LogP contribution in [0.5, 0.6) is 11.5 Å². The molecular weight excluding hydrogens is 427 g/mol. The van der Waals surface area contributed by atoms with Gasteiger partial charge in [0.1, 0.15) is 11.5 Å². The Morgan fingerprint density at radius 1 is 0.848 bits per heavy atom. The fourth-order valence-electron chi connectivity index (χ4n) is 5.02. The number of ether oxygens (including phenoxy) is 2. The molecule has 4 N–H and O–H groups in total. The Bertz CT molecular complexity index is 1010. The molecule has 0 aliphatic heterocycles. The van der Waals surface area contributed by atoms with Gasteiger partial charge in [-0.15, -0.1) is 0 Å². The first-order valence-electron chi connectivity index (χ1n) is 11.7. The van der Waals surface area contributed by atoms with E-state index in [1.54, 1.807) is 14.2 Å². The lowest BCUT2D eigenvalue weighted by molar-refractivity contribution is 0.218. The molecule has 0 aromatic heterocycles. The molecule has 3 unspecified atom stereocenters. The van der Waals surface area contributed by atoms with Crippen LogP contribution in [0, 0.1) is 0 Å². The van der Waals surface area contributed by atoms with Crippen molar-refractivity contribution in [2.75, 3.05) is 14.2 Å². The van der Waals surface area contributed by atoms with Gasteiger partial charge in [-0.3, -0.25) is 0 Å². The third-order valence-corrected chi connectivity index (χ3v) is 9.70. The normalized spacial score (nSPS) is 21.6. The maximum atomic E-state index is 7.05. The van der Waals surface area contributed by atoms with E-state index in [0.717, 1.165) is 30.8 Å². The van der Waals surface area contributed by atoms with Gasteiger partial charge in [-0.2, -0.15) is 0 Å². The van der Waals surface area contributed by atoms with Crippen molar-refractivity contribution < 1.29 is 9.47 Å². The number of nitrogens with two attached hydrogens (primary N) is 2. The van der Waals surface area contributed by atoms with E-state index in [1.807, 2.05) is 24.3 Å². The van der Waals surface area contributed by atoms with Crippen molar-refractivity contribution >= 4 is 23.8 Å². The second kappa shape index (κ2) is 10.3. The topological polar surface area (TPSA) is 70.5 Å². The van der Waals surface area contributed by atoms with E-state index < -0.39 is 13.5 Å². The molecule has 0 amide bonds. The minimum Gasteiger partial charge on any atom is -0.497 e. The molecule has 3 atom stereocenters. The van der Waals surface area contributed by atoms with Crippen LogP contribution < -0.4 is 36.9 Å². The molecule has 3 aromatic rings. The summed E-state index contributed by atoms with van der Waals surface area (Å²) in [4.78, 5) is 0. The van der Waals surface area contributed by atoms with Crippen LogP contribution >= 0.6 is 7.92 Å². The zero-order valence-corrected chi connectivity index (χ0v) is 20.7. The third-order valence-electron chi connectivity index (χ3n) is 7.18. The Labute approximate surface area is 199 Å². The van der Waals surface area contributed by atoms with Crippen molar-refractivity contribution in [2.45, 2.75) is 50.1 Å². The van der Waals surface area contributed by atoms with Crippen LogP contribution in [0.25, 0.3) is 0 Å². The van der Waals surface area contributed by atoms with Gasteiger partial charge in [0.15, 0.2) is 0 Å². The molecule has 1 aliphatic carbocycles. The smallest absolute Gasteiger partial charge is 0.118 e. The van der Waals surface area contributed by atoms with E-state index in [1.165, 1.54) is 27.9 Å². The Morgan fingerprint density at radius 2 is 1.39 bits per heavy atom. The highest BCUT2D eigenvalue weighted by atomic mass is 31.1. The fraction of sp³-hybridized carbons (Fsp3) is 0.357. The van der Waals surface area contributed by atoms with E-state index in [2.05, 4.69) is 55.5 Å². The quantitative estimate of drug-likeness (QED) is 0.517. The van der Waals surface area contributed by atoms with E-state index in [0.29, 0.717) is 0 Å². The Morgan fingerprint density at radius 3 is 1.91 bits per heavy atom. The second-order valence-corrected chi connectivity index (χ2v) is 11.2. The summed E-state index contributed by atoms with van der Waals surface area (Å²) in [5.74, 6) is 1.88. The molecule has 174 valence electrons. The molecule has 0 radical (unpaired) electrons. The molecule has 1 aliphatic rings. The molecule has 5 heteroatoms. The van der Waals surface area contributed by atoms with Crippen LogP contribution in [0.3, 0.4) is 0 Å². The fourth-order valence-corrected chi connectivity index (χ4v) is 7.53. The molecule has 33 heavy (non-hydrogen) atoms. The predicted octanol–water partition coefficient (Wildman–Crippen LogP) is 4.16. The van der Waals surface area contributed by atoms with Gasteiger partial charge in [-0.05, 0) is 66.5 Å². The van der Waals surface area contributed by atoms with Crippen LogP contribution in [0.4, 0.5) is 0 Å². The number of hydrogen-bond donors (Lipinski definition) is 2. The maximum absolute atomic E-state index is 7.05. The zero-order valence-electron chi connectivity index (χ0n) is 19.8.